The van der Waals surface area contributed by atoms with Gasteiger partial charge in [0.05, 0.1) is 13.2 Å². The Hall–Kier alpha value is -2.10. The second kappa shape index (κ2) is 12.0. The van der Waals surface area contributed by atoms with E-state index in [1.54, 1.807) is 18.2 Å². The molecule has 0 saturated heterocycles. The van der Waals surface area contributed by atoms with Crippen molar-refractivity contribution in [3.8, 4) is 11.5 Å². The number of nitrogens with one attached hydrogen (secondary N) is 1. The van der Waals surface area contributed by atoms with Crippen LogP contribution in [0, 0.1) is 0 Å². The van der Waals surface area contributed by atoms with Crippen LogP contribution in [0.5, 0.6) is 11.5 Å². The summed E-state index contributed by atoms with van der Waals surface area (Å²) in [5.41, 5.74) is 1.98. The van der Waals surface area contributed by atoms with Crippen molar-refractivity contribution in [2.24, 2.45) is 0 Å². The Morgan fingerprint density at radius 1 is 1.18 bits per heavy atom. The fraction of sp³-hybridized carbons (Fsp3) is 0.613. The number of hydrogen-bond donors (Lipinski definition) is 2. The van der Waals surface area contributed by atoms with Gasteiger partial charge < -0.3 is 24.3 Å². The number of rotatable bonds is 9. The topological polar surface area (TPSA) is 94.1 Å². The van der Waals surface area contributed by atoms with Crippen molar-refractivity contribution in [3.05, 3.63) is 45.5 Å². The maximum absolute atomic E-state index is 12.7. The summed E-state index contributed by atoms with van der Waals surface area (Å²) in [4.78, 5) is 25.2. The molecule has 0 radical (unpaired) electrons. The van der Waals surface area contributed by atoms with Crippen LogP contribution in [0.4, 0.5) is 4.79 Å². The molecule has 0 aromatic heterocycles. The van der Waals surface area contributed by atoms with E-state index in [-0.39, 0.29) is 24.2 Å². The Morgan fingerprint density at radius 3 is 2.30 bits per heavy atom. The highest BCUT2D eigenvalue weighted by Crippen LogP contribution is 2.59. The lowest BCUT2D eigenvalue weighted by atomic mass is 9.62. The van der Waals surface area contributed by atoms with Crippen LogP contribution in [0.3, 0.4) is 0 Å². The van der Waals surface area contributed by atoms with E-state index < -0.39 is 25.4 Å². The molecule has 0 unspecified atom stereocenters. The number of phenolic OH excluding ortho intramolecular Hbond substituents is 1. The molecule has 9 heteroatoms. The Labute approximate surface area is 249 Å². The van der Waals surface area contributed by atoms with Gasteiger partial charge in [-0.05, 0) is 74.0 Å². The Bertz CT molecular complexity index is 1180. The lowest BCUT2D eigenvalue weighted by Gasteiger charge is -2.49. The molecule has 0 aliphatic heterocycles. The molecule has 0 heterocycles. The molecule has 1 aromatic carbocycles. The van der Waals surface area contributed by atoms with Gasteiger partial charge in [0.1, 0.15) is 5.60 Å². The van der Waals surface area contributed by atoms with Gasteiger partial charge in [0.2, 0.25) is 8.32 Å². The number of halogens is 1. The SMILES string of the molecule is COc1cc(Br)c2c(c1O)[C@]1(CCNC(=O)OC(C)(C)C)C=CC(=O)C=C1C[C@@H]2O[Si](C(C)C)(C(C)C)C(C)C. The van der Waals surface area contributed by atoms with Crippen LogP contribution in [0.2, 0.25) is 16.6 Å². The monoisotopic (exact) mass is 635 g/mol. The van der Waals surface area contributed by atoms with Gasteiger partial charge in [-0.3, -0.25) is 4.79 Å². The minimum Gasteiger partial charge on any atom is -0.504 e. The minimum atomic E-state index is -2.34. The van der Waals surface area contributed by atoms with Crippen LogP contribution in [0.1, 0.15) is 92.4 Å². The number of ether oxygens (including phenoxy) is 2. The van der Waals surface area contributed by atoms with E-state index in [1.165, 1.54) is 7.11 Å². The van der Waals surface area contributed by atoms with Crippen molar-refractivity contribution < 1.29 is 28.6 Å². The van der Waals surface area contributed by atoms with Crippen molar-refractivity contribution in [1.29, 1.82) is 0 Å². The third-order valence-electron chi connectivity index (χ3n) is 8.31. The van der Waals surface area contributed by atoms with Crippen LogP contribution < -0.4 is 10.1 Å². The van der Waals surface area contributed by atoms with E-state index in [9.17, 15) is 14.7 Å². The number of ketones is 1. The zero-order valence-corrected chi connectivity index (χ0v) is 28.2. The summed E-state index contributed by atoms with van der Waals surface area (Å²) in [7, 11) is -0.824. The van der Waals surface area contributed by atoms with Crippen molar-refractivity contribution in [2.45, 2.75) is 109 Å². The molecule has 0 spiro atoms. The molecule has 1 amide bonds. The lowest BCUT2D eigenvalue weighted by Crippen LogP contribution is -2.50. The van der Waals surface area contributed by atoms with Gasteiger partial charge in [0, 0.05) is 27.6 Å². The van der Waals surface area contributed by atoms with E-state index >= 15 is 0 Å². The summed E-state index contributed by atoms with van der Waals surface area (Å²) < 4.78 is 19.1. The molecule has 2 aliphatic carbocycles. The highest BCUT2D eigenvalue weighted by molar-refractivity contribution is 9.10. The van der Waals surface area contributed by atoms with E-state index in [1.807, 2.05) is 26.8 Å². The zero-order valence-electron chi connectivity index (χ0n) is 25.6. The zero-order chi connectivity index (χ0) is 30.2. The van der Waals surface area contributed by atoms with Gasteiger partial charge in [-0.15, -0.1) is 0 Å². The largest absolute Gasteiger partial charge is 0.504 e. The van der Waals surface area contributed by atoms with E-state index in [2.05, 4.69) is 62.8 Å². The van der Waals surface area contributed by atoms with Crippen molar-refractivity contribution in [2.75, 3.05) is 13.7 Å². The van der Waals surface area contributed by atoms with Crippen molar-refractivity contribution in [3.63, 3.8) is 0 Å². The van der Waals surface area contributed by atoms with Crippen LogP contribution in [0.15, 0.2) is 34.3 Å². The fourth-order valence-electron chi connectivity index (χ4n) is 6.82. The molecule has 2 aliphatic rings. The third kappa shape index (κ3) is 6.07. The number of carbonyl (C=O) groups is 2. The molecule has 2 N–H and O–H groups in total. The number of aromatic hydroxyl groups is 1. The fourth-order valence-corrected chi connectivity index (χ4v) is 13.0. The highest BCUT2D eigenvalue weighted by Gasteiger charge is 2.52. The second-order valence-corrected chi connectivity index (χ2v) is 19.1. The van der Waals surface area contributed by atoms with Crippen molar-refractivity contribution in [1.82, 2.24) is 5.32 Å². The van der Waals surface area contributed by atoms with Gasteiger partial charge in [0.15, 0.2) is 17.3 Å². The second-order valence-electron chi connectivity index (χ2n) is 12.9. The molecule has 2 atom stereocenters. The first-order chi connectivity index (χ1) is 18.5. The Kier molecular flexibility index (Phi) is 9.74. The van der Waals surface area contributed by atoms with E-state index in [0.29, 0.717) is 40.8 Å². The van der Waals surface area contributed by atoms with Crippen LogP contribution in [-0.2, 0) is 19.4 Å². The van der Waals surface area contributed by atoms with Crippen LogP contribution in [0.25, 0.3) is 0 Å². The molecular formula is C31H46BrNO6Si. The summed E-state index contributed by atoms with van der Waals surface area (Å²) in [6, 6.07) is 1.78. The molecule has 3 rings (SSSR count). The quantitative estimate of drug-likeness (QED) is 0.267. The molecule has 0 bridgehead atoms. The average molecular weight is 637 g/mol. The normalized spacial score (nSPS) is 20.9. The summed E-state index contributed by atoms with van der Waals surface area (Å²) in [5, 5.41) is 14.5. The molecule has 40 heavy (non-hydrogen) atoms. The number of alkyl carbamates (subject to hydrolysis) is 1. The van der Waals surface area contributed by atoms with Gasteiger partial charge in [0.25, 0.3) is 0 Å². The number of allylic oxidation sites excluding steroid dienone is 3. The standard InChI is InChI=1S/C31H46BrNO6Si/c1-18(2)40(19(3)4,20(5)6)39-24-16-21-15-22(34)11-12-31(21,13-14-33-29(36)38-30(7,8)9)27-26(24)23(32)17-25(37-10)28(27)35/h11-12,15,17-20,24,35H,13-14,16H2,1-10H3,(H,33,36)/t24-,31-/m0/s1. The third-order valence-corrected chi connectivity index (χ3v) is 15.1. The summed E-state index contributed by atoms with van der Waals surface area (Å²) >= 11 is 3.79. The Balaban J connectivity index is 2.20. The van der Waals surface area contributed by atoms with Crippen LogP contribution in [-0.4, -0.2) is 44.6 Å². The first-order valence-corrected chi connectivity index (χ1v) is 17.1. The number of fused-ring (bicyclic) bond motifs is 3. The van der Waals surface area contributed by atoms with Gasteiger partial charge >= 0.3 is 6.09 Å². The van der Waals surface area contributed by atoms with Gasteiger partial charge in [-0.2, -0.15) is 0 Å². The number of methoxy groups -OCH3 is 1. The first-order valence-electron chi connectivity index (χ1n) is 14.2. The van der Waals surface area contributed by atoms with Gasteiger partial charge in [-0.25, -0.2) is 4.79 Å². The predicted molar refractivity (Wildman–Crippen MR) is 165 cm³/mol. The number of phenols is 1. The molecule has 1 aromatic rings. The first kappa shape index (κ1) is 32.4. The maximum Gasteiger partial charge on any atom is 0.407 e. The van der Waals surface area contributed by atoms with Gasteiger partial charge in [-0.1, -0.05) is 63.5 Å². The molecule has 7 nitrogen and oxygen atoms in total. The molecule has 0 fully saturated rings. The highest BCUT2D eigenvalue weighted by atomic mass is 79.9. The van der Waals surface area contributed by atoms with E-state index in [4.69, 9.17) is 13.9 Å². The summed E-state index contributed by atoms with van der Waals surface area (Å²) in [6.45, 7) is 19.2. The van der Waals surface area contributed by atoms with Crippen LogP contribution >= 0.6 is 15.9 Å². The lowest BCUT2D eigenvalue weighted by molar-refractivity contribution is -0.110. The van der Waals surface area contributed by atoms with Crippen molar-refractivity contribution >= 4 is 36.1 Å². The number of benzene rings is 1. The summed E-state index contributed by atoms with van der Waals surface area (Å²) in [5.74, 6) is 0.243. The number of amides is 1. The van der Waals surface area contributed by atoms with E-state index in [0.717, 1.165) is 15.6 Å². The molecule has 0 saturated carbocycles. The molecule has 222 valence electrons. The smallest absolute Gasteiger partial charge is 0.407 e. The summed E-state index contributed by atoms with van der Waals surface area (Å²) in [6.07, 6.45) is 5.11. The Morgan fingerprint density at radius 2 is 1.77 bits per heavy atom. The molecular weight excluding hydrogens is 590 g/mol. The predicted octanol–water partition coefficient (Wildman–Crippen LogP) is 8.02. The average Bonchev–Trinajstić information content (AvgIpc) is 2.82. The minimum absolute atomic E-state index is 0.0158. The maximum atomic E-state index is 12.7. The number of hydrogen-bond acceptors (Lipinski definition) is 6. The number of carbonyl (C=O) groups excluding carboxylic acids is 2.